The quantitative estimate of drug-likeness (QED) is 0.216. The average Bonchev–Trinajstić information content (AvgIpc) is 3.60. The Bertz CT molecular complexity index is 2470. The van der Waals surface area contributed by atoms with Crippen LogP contribution < -0.4 is 0 Å². The maximum absolute atomic E-state index is 10.3. The number of para-hydroxylation sites is 3. The molecule has 0 atom stereocenters. The largest absolute Gasteiger partial charge is 0.309 e. The summed E-state index contributed by atoms with van der Waals surface area (Å²) < 4.78 is 4.42. The highest BCUT2D eigenvalue weighted by atomic mass is 15.0. The molecule has 0 saturated carbocycles. The fraction of sp³-hybridized carbons (Fsp3) is 0. The zero-order valence-electron chi connectivity index (χ0n) is 23.4. The highest BCUT2D eigenvalue weighted by Gasteiger charge is 2.19. The lowest BCUT2D eigenvalue weighted by Gasteiger charge is -2.16. The number of benzene rings is 6. The molecule has 0 unspecified atom stereocenters. The van der Waals surface area contributed by atoms with E-state index in [9.17, 15) is 15.8 Å². The molecule has 0 N–H and O–H groups in total. The number of nitrogens with zero attached hydrogens (tertiary/aromatic N) is 5. The van der Waals surface area contributed by atoms with Gasteiger partial charge >= 0.3 is 0 Å². The highest BCUT2D eigenvalue weighted by Crippen LogP contribution is 2.39. The molecule has 0 amide bonds. The van der Waals surface area contributed by atoms with Crippen LogP contribution in [0.4, 0.5) is 0 Å². The third kappa shape index (κ3) is 3.63. The Morgan fingerprint density at radius 1 is 0.409 bits per heavy atom. The maximum Gasteiger partial charge on any atom is 0.0998 e. The molecule has 5 heteroatoms. The molecule has 0 aliphatic heterocycles. The molecule has 0 radical (unpaired) electrons. The molecule has 0 bridgehead atoms. The van der Waals surface area contributed by atoms with E-state index < -0.39 is 0 Å². The van der Waals surface area contributed by atoms with E-state index in [-0.39, 0.29) is 0 Å². The van der Waals surface area contributed by atoms with Crippen molar-refractivity contribution in [2.45, 2.75) is 0 Å². The second-order valence-corrected chi connectivity index (χ2v) is 10.8. The van der Waals surface area contributed by atoms with E-state index in [1.54, 1.807) is 0 Å². The summed E-state index contributed by atoms with van der Waals surface area (Å²) in [6.07, 6.45) is 0. The van der Waals surface area contributed by atoms with E-state index in [4.69, 9.17) is 0 Å². The van der Waals surface area contributed by atoms with Crippen LogP contribution in [0.15, 0.2) is 127 Å². The minimum Gasteiger partial charge on any atom is -0.309 e. The summed E-state index contributed by atoms with van der Waals surface area (Å²) >= 11 is 0. The highest BCUT2D eigenvalue weighted by molar-refractivity contribution is 6.11. The number of hydrogen-bond acceptors (Lipinski definition) is 3. The van der Waals surface area contributed by atoms with Crippen LogP contribution in [0.2, 0.25) is 0 Å². The van der Waals surface area contributed by atoms with Crippen molar-refractivity contribution in [2.24, 2.45) is 0 Å². The third-order valence-electron chi connectivity index (χ3n) is 8.42. The van der Waals surface area contributed by atoms with Crippen LogP contribution in [-0.4, -0.2) is 9.13 Å². The number of hydrogen-bond donors (Lipinski definition) is 0. The maximum atomic E-state index is 10.3. The standard InChI is InChI=1S/C39H21N5/c40-22-25-13-17-38-33(19-25)34-20-26(23-41)14-18-39(34)43(38)28-16-15-27(24-42)32(21-28)31-9-3-6-12-37(31)44-35-10-4-1-7-29(35)30-8-2-5-11-36(30)44/h1-21H. The van der Waals surface area contributed by atoms with E-state index in [1.165, 1.54) is 10.8 Å². The molecule has 8 aromatic rings. The molecular weight excluding hydrogens is 538 g/mol. The second-order valence-electron chi connectivity index (χ2n) is 10.8. The lowest BCUT2D eigenvalue weighted by Crippen LogP contribution is -2.00. The van der Waals surface area contributed by atoms with Crippen LogP contribution in [0.25, 0.3) is 66.1 Å². The molecule has 202 valence electrons. The van der Waals surface area contributed by atoms with Gasteiger partial charge in [0.2, 0.25) is 0 Å². The minimum atomic E-state index is 0.555. The van der Waals surface area contributed by atoms with Crippen LogP contribution in [0.1, 0.15) is 16.7 Å². The SMILES string of the molecule is N#Cc1ccc2c(c1)c1cc(C#N)ccc1n2-c1ccc(C#N)c(-c2ccccc2-n2c3ccccc3c3ccccc32)c1. The van der Waals surface area contributed by atoms with E-state index >= 15 is 0 Å². The fourth-order valence-electron chi connectivity index (χ4n) is 6.51. The van der Waals surface area contributed by atoms with Gasteiger partial charge in [-0.2, -0.15) is 15.8 Å². The van der Waals surface area contributed by atoms with E-state index in [1.807, 2.05) is 60.7 Å². The molecule has 0 aliphatic carbocycles. The summed E-state index contributed by atoms with van der Waals surface area (Å²) in [4.78, 5) is 0. The normalized spacial score (nSPS) is 11.1. The topological polar surface area (TPSA) is 81.2 Å². The first kappa shape index (κ1) is 25.1. The van der Waals surface area contributed by atoms with Crippen molar-refractivity contribution in [3.63, 3.8) is 0 Å². The van der Waals surface area contributed by atoms with Crippen LogP contribution in [0.3, 0.4) is 0 Å². The molecule has 0 saturated heterocycles. The Morgan fingerprint density at radius 3 is 1.55 bits per heavy atom. The van der Waals surface area contributed by atoms with Gasteiger partial charge in [0.1, 0.15) is 0 Å². The van der Waals surface area contributed by atoms with Crippen LogP contribution in [-0.2, 0) is 0 Å². The van der Waals surface area contributed by atoms with Gasteiger partial charge in [0.15, 0.2) is 0 Å². The van der Waals surface area contributed by atoms with Gasteiger partial charge in [0.25, 0.3) is 0 Å². The number of aromatic nitrogens is 2. The van der Waals surface area contributed by atoms with Crippen molar-refractivity contribution in [3.8, 4) is 40.7 Å². The van der Waals surface area contributed by atoms with Gasteiger partial charge in [-0.1, -0.05) is 54.6 Å². The fourth-order valence-corrected chi connectivity index (χ4v) is 6.51. The van der Waals surface area contributed by atoms with Crippen molar-refractivity contribution >= 4 is 43.6 Å². The molecule has 5 nitrogen and oxygen atoms in total. The van der Waals surface area contributed by atoms with Crippen molar-refractivity contribution in [2.75, 3.05) is 0 Å². The first-order chi connectivity index (χ1) is 21.7. The Kier molecular flexibility index (Phi) is 5.56. The first-order valence-corrected chi connectivity index (χ1v) is 14.2. The molecule has 2 heterocycles. The molecule has 6 aromatic carbocycles. The Balaban J connectivity index is 1.42. The predicted octanol–water partition coefficient (Wildman–Crippen LogP) is 9.16. The molecule has 44 heavy (non-hydrogen) atoms. The summed E-state index contributed by atoms with van der Waals surface area (Å²) in [5, 5.41) is 33.7. The molecular formula is C39H21N5. The zero-order valence-corrected chi connectivity index (χ0v) is 23.4. The lowest BCUT2D eigenvalue weighted by molar-refractivity contribution is 1.17. The monoisotopic (exact) mass is 559 g/mol. The number of rotatable bonds is 3. The lowest BCUT2D eigenvalue weighted by atomic mass is 9.97. The molecule has 0 aliphatic rings. The van der Waals surface area contributed by atoms with E-state index in [0.717, 1.165) is 55.3 Å². The second kappa shape index (κ2) is 9.74. The average molecular weight is 560 g/mol. The zero-order chi connectivity index (χ0) is 29.8. The van der Waals surface area contributed by atoms with Gasteiger partial charge in [0.05, 0.1) is 62.7 Å². The van der Waals surface area contributed by atoms with Gasteiger partial charge in [-0.05, 0) is 72.8 Å². The summed E-state index contributed by atoms with van der Waals surface area (Å²) in [6, 6.07) is 49.1. The Hall–Kier alpha value is -6.61. The van der Waals surface area contributed by atoms with Crippen LogP contribution in [0.5, 0.6) is 0 Å². The van der Waals surface area contributed by atoms with Gasteiger partial charge in [0, 0.05) is 38.4 Å². The van der Waals surface area contributed by atoms with Crippen molar-refractivity contribution in [1.82, 2.24) is 9.13 Å². The van der Waals surface area contributed by atoms with E-state index in [2.05, 4.69) is 94.1 Å². The molecule has 8 rings (SSSR count). The smallest absolute Gasteiger partial charge is 0.0998 e. The summed E-state index contributed by atoms with van der Waals surface area (Å²) in [7, 11) is 0. The van der Waals surface area contributed by atoms with Crippen molar-refractivity contribution < 1.29 is 0 Å². The van der Waals surface area contributed by atoms with Crippen LogP contribution >= 0.6 is 0 Å². The minimum absolute atomic E-state index is 0.555. The van der Waals surface area contributed by atoms with E-state index in [0.29, 0.717) is 16.7 Å². The van der Waals surface area contributed by atoms with Gasteiger partial charge in [-0.3, -0.25) is 0 Å². The van der Waals surface area contributed by atoms with Crippen molar-refractivity contribution in [1.29, 1.82) is 15.8 Å². The summed E-state index contributed by atoms with van der Waals surface area (Å²) in [5.74, 6) is 0. The summed E-state index contributed by atoms with van der Waals surface area (Å²) in [6.45, 7) is 0. The van der Waals surface area contributed by atoms with Gasteiger partial charge in [-0.15, -0.1) is 0 Å². The summed E-state index contributed by atoms with van der Waals surface area (Å²) in [5.41, 5.74) is 9.33. The Morgan fingerprint density at radius 2 is 0.955 bits per heavy atom. The molecule has 0 spiro atoms. The first-order valence-electron chi connectivity index (χ1n) is 14.2. The predicted molar refractivity (Wildman–Crippen MR) is 175 cm³/mol. The van der Waals surface area contributed by atoms with Gasteiger partial charge in [-0.25, -0.2) is 0 Å². The third-order valence-corrected chi connectivity index (χ3v) is 8.42. The van der Waals surface area contributed by atoms with Crippen LogP contribution in [0, 0.1) is 34.0 Å². The molecule has 0 fully saturated rings. The van der Waals surface area contributed by atoms with Gasteiger partial charge < -0.3 is 9.13 Å². The number of nitriles is 3. The Labute approximate surface area is 252 Å². The van der Waals surface area contributed by atoms with Crippen molar-refractivity contribution in [3.05, 3.63) is 144 Å². The molecule has 2 aromatic heterocycles. The number of fused-ring (bicyclic) bond motifs is 6.